The summed E-state index contributed by atoms with van der Waals surface area (Å²) >= 11 is 0. The molecule has 0 atom stereocenters. The summed E-state index contributed by atoms with van der Waals surface area (Å²) in [5.74, 6) is -1.86. The molecule has 0 saturated heterocycles. The maximum atomic E-state index is 9.76. The Bertz CT molecular complexity index is 164. The third-order valence-electron chi connectivity index (χ3n) is 1.97. The van der Waals surface area contributed by atoms with Crippen molar-refractivity contribution >= 4 is 11.9 Å². The molecule has 116 valence electrons. The summed E-state index contributed by atoms with van der Waals surface area (Å²) in [6.45, 7) is 9.07. The molecule has 0 aliphatic heterocycles. The first-order valence-electron chi connectivity index (χ1n) is 6.64. The zero-order chi connectivity index (χ0) is 14.8. The molecule has 5 heteroatoms. The summed E-state index contributed by atoms with van der Waals surface area (Å²) in [6.07, 6.45) is 6.07. The van der Waals surface area contributed by atoms with Crippen LogP contribution in [0.5, 0.6) is 0 Å². The van der Waals surface area contributed by atoms with Crippen molar-refractivity contribution in [1.29, 1.82) is 0 Å². The van der Waals surface area contributed by atoms with Gasteiger partial charge >= 0.3 is 19.5 Å². The van der Waals surface area contributed by atoms with Crippen molar-refractivity contribution in [2.24, 2.45) is 0 Å². The average Bonchev–Trinajstić information content (AvgIpc) is 2.32. The van der Waals surface area contributed by atoms with Gasteiger partial charge in [-0.05, 0) is 25.7 Å². The Morgan fingerprint density at radius 1 is 0.789 bits per heavy atom. The van der Waals surface area contributed by atoms with Crippen molar-refractivity contribution in [3.05, 3.63) is 6.92 Å². The van der Waals surface area contributed by atoms with E-state index in [1.807, 2.05) is 13.8 Å². The molecule has 0 spiro atoms. The quantitative estimate of drug-likeness (QED) is 0.372. The fourth-order valence-electron chi connectivity index (χ4n) is 1.04. The topological polar surface area (TPSA) is 80.3 Å². The van der Waals surface area contributed by atoms with E-state index >= 15 is 0 Å². The second-order valence-corrected chi connectivity index (χ2v) is 3.66. The van der Waals surface area contributed by atoms with E-state index in [0.717, 1.165) is 38.5 Å². The van der Waals surface area contributed by atoms with E-state index in [-0.39, 0.29) is 32.3 Å². The number of unbranched alkanes of at least 4 members (excludes halogenated alkanes) is 4. The van der Waals surface area contributed by atoms with Gasteiger partial charge in [-0.15, -0.1) is 0 Å². The second-order valence-electron chi connectivity index (χ2n) is 3.66. The summed E-state index contributed by atoms with van der Waals surface area (Å²) in [5, 5.41) is 19.5. The van der Waals surface area contributed by atoms with Gasteiger partial charge in [-0.25, -0.2) is 0 Å². The van der Waals surface area contributed by atoms with Crippen LogP contribution >= 0.6 is 0 Å². The zero-order valence-electron chi connectivity index (χ0n) is 12.3. The Balaban J connectivity index is -0.0000000999. The van der Waals surface area contributed by atoms with Gasteiger partial charge in [-0.3, -0.25) is 0 Å². The smallest absolute Gasteiger partial charge is 0.550 e. The first-order chi connectivity index (χ1) is 8.54. The van der Waals surface area contributed by atoms with E-state index in [0.29, 0.717) is 0 Å². The van der Waals surface area contributed by atoms with Gasteiger partial charge in [0, 0.05) is 11.9 Å². The van der Waals surface area contributed by atoms with E-state index < -0.39 is 11.9 Å². The van der Waals surface area contributed by atoms with Crippen LogP contribution in [0, 0.1) is 6.92 Å². The first-order valence-corrected chi connectivity index (χ1v) is 6.64. The van der Waals surface area contributed by atoms with Crippen molar-refractivity contribution in [2.75, 3.05) is 0 Å². The molecule has 0 fully saturated rings. The number of carboxylic acids is 2. The van der Waals surface area contributed by atoms with Crippen molar-refractivity contribution in [2.45, 2.75) is 72.1 Å². The molecule has 0 aliphatic rings. The molecule has 0 radical (unpaired) electrons. The van der Waals surface area contributed by atoms with Crippen LogP contribution in [0.15, 0.2) is 0 Å². The normalized spacial score (nSPS) is 8.00. The van der Waals surface area contributed by atoms with Gasteiger partial charge in [0.05, 0.1) is 0 Å². The van der Waals surface area contributed by atoms with Crippen molar-refractivity contribution < 1.29 is 39.3 Å². The number of carbonyl (C=O) groups excluding carboxylic acids is 2. The summed E-state index contributed by atoms with van der Waals surface area (Å²) in [6, 6.07) is 0. The fraction of sp³-hybridized carbons (Fsp3) is 0.786. The van der Waals surface area contributed by atoms with Crippen LogP contribution < -0.4 is 10.2 Å². The first kappa shape index (κ1) is 27.0. The molecule has 0 aliphatic carbocycles. The minimum Gasteiger partial charge on any atom is -0.550 e. The predicted octanol–water partition coefficient (Wildman–Crippen LogP) is 1.47. The molecule has 19 heavy (non-hydrogen) atoms. The van der Waals surface area contributed by atoms with Crippen LogP contribution in [-0.2, 0) is 29.1 Å². The van der Waals surface area contributed by atoms with Gasteiger partial charge in [0.25, 0.3) is 0 Å². The van der Waals surface area contributed by atoms with Gasteiger partial charge < -0.3 is 26.7 Å². The molecule has 0 amide bonds. The maximum Gasteiger partial charge on any atom is 3.00 e. The van der Waals surface area contributed by atoms with Gasteiger partial charge in [-0.2, -0.15) is 6.92 Å². The number of carboxylic acid groups (broad SMARTS) is 2. The Morgan fingerprint density at radius 2 is 1.05 bits per heavy atom. The summed E-state index contributed by atoms with van der Waals surface area (Å²) < 4.78 is 0. The van der Waals surface area contributed by atoms with Crippen LogP contribution in [0.3, 0.4) is 0 Å². The molecule has 0 rings (SSSR count). The number of rotatable bonds is 8. The van der Waals surface area contributed by atoms with Crippen LogP contribution in [0.4, 0.5) is 0 Å². The molecule has 0 N–H and O–H groups in total. The SMILES string of the molecule is CCCCCC(=O)[O-].CCCCCC(=O)[O-].[CH2-]C.[Rh+3]. The molecule has 4 nitrogen and oxygen atoms in total. The van der Waals surface area contributed by atoms with Crippen LogP contribution in [0.25, 0.3) is 0 Å². The summed E-state index contributed by atoms with van der Waals surface area (Å²) in [7, 11) is 0. The predicted molar refractivity (Wildman–Crippen MR) is 69.3 cm³/mol. The molecule has 0 saturated carbocycles. The third kappa shape index (κ3) is 46.5. The number of hydrogen-bond acceptors (Lipinski definition) is 4. The molecule has 0 aromatic carbocycles. The Kier molecular flexibility index (Phi) is 37.2. The number of aliphatic carboxylic acids is 2. The monoisotopic (exact) mass is 362 g/mol. The maximum absolute atomic E-state index is 9.76. The van der Waals surface area contributed by atoms with Crippen molar-refractivity contribution in [3.8, 4) is 0 Å². The largest absolute Gasteiger partial charge is 3.00 e. The van der Waals surface area contributed by atoms with Crippen LogP contribution in [0.2, 0.25) is 0 Å². The second kappa shape index (κ2) is 26.2. The fourth-order valence-corrected chi connectivity index (χ4v) is 1.04. The van der Waals surface area contributed by atoms with E-state index in [2.05, 4.69) is 6.92 Å². The Hall–Kier alpha value is -0.437. The molecular weight excluding hydrogens is 335 g/mol. The molecule has 0 heterocycles. The number of carbonyl (C=O) groups is 2. The number of hydrogen-bond donors (Lipinski definition) is 0. The van der Waals surface area contributed by atoms with E-state index in [1.165, 1.54) is 0 Å². The summed E-state index contributed by atoms with van der Waals surface area (Å²) in [4.78, 5) is 19.5. The van der Waals surface area contributed by atoms with Crippen molar-refractivity contribution in [3.63, 3.8) is 0 Å². The van der Waals surface area contributed by atoms with E-state index in [9.17, 15) is 19.8 Å². The molecule has 0 aromatic rings. The van der Waals surface area contributed by atoms with Crippen molar-refractivity contribution in [1.82, 2.24) is 0 Å². The van der Waals surface area contributed by atoms with Gasteiger partial charge in [0.2, 0.25) is 0 Å². The standard InChI is InChI=1S/2C6H12O2.C2H5.Rh/c2*1-2-3-4-5-6(7)8;1-2;/h2*2-5H2,1H3,(H,7,8);1H2,2H3;/q;;-1;+3/p-2. The zero-order valence-corrected chi connectivity index (χ0v) is 14.0. The minimum absolute atomic E-state index is 0. The van der Waals surface area contributed by atoms with E-state index in [4.69, 9.17) is 0 Å². The molecular formula is C14H27O4Rh. The molecule has 0 unspecified atom stereocenters. The van der Waals surface area contributed by atoms with Gasteiger partial charge in [-0.1, -0.05) is 39.5 Å². The van der Waals surface area contributed by atoms with Gasteiger partial charge in [0.1, 0.15) is 0 Å². The van der Waals surface area contributed by atoms with Gasteiger partial charge in [0.15, 0.2) is 0 Å². The minimum atomic E-state index is -0.932. The van der Waals surface area contributed by atoms with E-state index in [1.54, 1.807) is 6.92 Å². The summed E-state index contributed by atoms with van der Waals surface area (Å²) in [5.41, 5.74) is 0. The van der Waals surface area contributed by atoms with Crippen LogP contribution in [0.1, 0.15) is 72.1 Å². The third-order valence-corrected chi connectivity index (χ3v) is 1.97. The Labute approximate surface area is 130 Å². The Morgan fingerprint density at radius 3 is 1.21 bits per heavy atom. The molecule has 0 aromatic heterocycles. The average molecular weight is 362 g/mol. The molecule has 0 bridgehead atoms. The van der Waals surface area contributed by atoms with Crippen LogP contribution in [-0.4, -0.2) is 11.9 Å².